The van der Waals surface area contributed by atoms with E-state index >= 15 is 0 Å². The van der Waals surface area contributed by atoms with Crippen LogP contribution < -0.4 is 4.74 Å². The molecule has 2 aromatic rings. The van der Waals surface area contributed by atoms with Gasteiger partial charge in [-0.15, -0.1) is 10.2 Å². The second-order valence-corrected chi connectivity index (χ2v) is 7.34. The highest BCUT2D eigenvalue weighted by Crippen LogP contribution is 2.40. The van der Waals surface area contributed by atoms with Gasteiger partial charge >= 0.3 is 0 Å². The molecule has 1 aliphatic carbocycles. The van der Waals surface area contributed by atoms with Gasteiger partial charge in [0.15, 0.2) is 5.16 Å². The summed E-state index contributed by atoms with van der Waals surface area (Å²) in [5.74, 6) is 3.10. The van der Waals surface area contributed by atoms with Crippen LogP contribution in [-0.2, 0) is 6.54 Å². The van der Waals surface area contributed by atoms with Gasteiger partial charge in [-0.25, -0.2) is 0 Å². The van der Waals surface area contributed by atoms with Gasteiger partial charge in [-0.1, -0.05) is 30.0 Å². The molecular formula is C18H25N3O2S. The number of nitrogens with zero attached hydrogens (tertiary/aromatic N) is 3. The van der Waals surface area contributed by atoms with Crippen LogP contribution in [0.5, 0.6) is 5.75 Å². The van der Waals surface area contributed by atoms with Gasteiger partial charge in [0.1, 0.15) is 18.2 Å². The molecule has 6 heteroatoms. The molecule has 1 N–H and O–H groups in total. The number of thioether (sulfide) groups is 1. The van der Waals surface area contributed by atoms with Crippen LogP contribution in [0.25, 0.3) is 0 Å². The Bertz CT molecular complexity index is 677. The van der Waals surface area contributed by atoms with E-state index in [1.165, 1.54) is 12.8 Å². The Morgan fingerprint density at radius 3 is 2.62 bits per heavy atom. The largest absolute Gasteiger partial charge is 0.490 e. The number of aryl methyl sites for hydroxylation is 2. The lowest BCUT2D eigenvalue weighted by Crippen LogP contribution is -2.21. The van der Waals surface area contributed by atoms with Crippen LogP contribution in [0.1, 0.15) is 42.6 Å². The van der Waals surface area contributed by atoms with Gasteiger partial charge in [-0.05, 0) is 44.7 Å². The van der Waals surface area contributed by atoms with Crippen molar-refractivity contribution in [3.8, 4) is 5.75 Å². The molecule has 0 spiro atoms. The molecule has 0 amide bonds. The minimum Gasteiger partial charge on any atom is -0.490 e. The van der Waals surface area contributed by atoms with E-state index in [4.69, 9.17) is 4.74 Å². The second-order valence-electron chi connectivity index (χ2n) is 6.36. The Balaban J connectivity index is 1.53. The zero-order chi connectivity index (χ0) is 17.1. The second kappa shape index (κ2) is 7.57. The SMILES string of the molecule is CCn1c(SCC(O)COc2c(C)cccc2C)nnc1C1CC1. The molecule has 5 nitrogen and oxygen atoms in total. The fraction of sp³-hybridized carbons (Fsp3) is 0.556. The number of aliphatic hydroxyl groups is 1. The van der Waals surface area contributed by atoms with Crippen LogP contribution in [0.15, 0.2) is 23.4 Å². The van der Waals surface area contributed by atoms with Gasteiger partial charge in [-0.2, -0.15) is 0 Å². The minimum atomic E-state index is -0.541. The first kappa shape index (κ1) is 17.3. The molecular weight excluding hydrogens is 322 g/mol. The van der Waals surface area contributed by atoms with Crippen molar-refractivity contribution in [2.75, 3.05) is 12.4 Å². The molecule has 1 atom stereocenters. The van der Waals surface area contributed by atoms with E-state index in [-0.39, 0.29) is 6.61 Å². The van der Waals surface area contributed by atoms with E-state index in [0.29, 0.717) is 11.7 Å². The van der Waals surface area contributed by atoms with E-state index in [1.54, 1.807) is 11.8 Å². The van der Waals surface area contributed by atoms with Crippen molar-refractivity contribution in [2.45, 2.75) is 57.3 Å². The molecule has 24 heavy (non-hydrogen) atoms. The van der Waals surface area contributed by atoms with Crippen molar-refractivity contribution in [1.82, 2.24) is 14.8 Å². The van der Waals surface area contributed by atoms with Gasteiger partial charge in [0.05, 0.1) is 6.10 Å². The molecule has 0 bridgehead atoms. The molecule has 1 unspecified atom stereocenters. The molecule has 0 saturated heterocycles. The van der Waals surface area contributed by atoms with Crippen molar-refractivity contribution in [3.05, 3.63) is 35.2 Å². The molecule has 1 fully saturated rings. The lowest BCUT2D eigenvalue weighted by Gasteiger charge is -2.15. The molecule has 1 heterocycles. The van der Waals surface area contributed by atoms with Crippen LogP contribution >= 0.6 is 11.8 Å². The Labute approximate surface area is 147 Å². The fourth-order valence-electron chi connectivity index (χ4n) is 2.77. The van der Waals surface area contributed by atoms with Crippen LogP contribution in [0.2, 0.25) is 0 Å². The smallest absolute Gasteiger partial charge is 0.191 e. The number of rotatable bonds is 8. The first-order valence-electron chi connectivity index (χ1n) is 8.53. The molecule has 0 aliphatic heterocycles. The summed E-state index contributed by atoms with van der Waals surface area (Å²) in [7, 11) is 0. The summed E-state index contributed by atoms with van der Waals surface area (Å²) in [5.41, 5.74) is 2.18. The molecule has 1 saturated carbocycles. The summed E-state index contributed by atoms with van der Waals surface area (Å²) in [4.78, 5) is 0. The van der Waals surface area contributed by atoms with Crippen LogP contribution in [0, 0.1) is 13.8 Å². The number of para-hydroxylation sites is 1. The molecule has 3 rings (SSSR count). The summed E-state index contributed by atoms with van der Waals surface area (Å²) < 4.78 is 7.99. The monoisotopic (exact) mass is 347 g/mol. The van der Waals surface area contributed by atoms with Crippen molar-refractivity contribution in [2.24, 2.45) is 0 Å². The maximum Gasteiger partial charge on any atom is 0.191 e. The lowest BCUT2D eigenvalue weighted by molar-refractivity contribution is 0.125. The maximum atomic E-state index is 10.2. The van der Waals surface area contributed by atoms with Crippen LogP contribution in [-0.4, -0.2) is 38.3 Å². The minimum absolute atomic E-state index is 0.286. The van der Waals surface area contributed by atoms with E-state index in [2.05, 4.69) is 21.7 Å². The van der Waals surface area contributed by atoms with Crippen molar-refractivity contribution in [3.63, 3.8) is 0 Å². The molecule has 130 valence electrons. The predicted octanol–water partition coefficient (Wildman–Crippen LogP) is 3.32. The third kappa shape index (κ3) is 3.92. The third-order valence-electron chi connectivity index (χ3n) is 4.24. The fourth-order valence-corrected chi connectivity index (χ4v) is 3.69. The summed E-state index contributed by atoms with van der Waals surface area (Å²) >= 11 is 1.55. The summed E-state index contributed by atoms with van der Waals surface area (Å²) in [6, 6.07) is 6.05. The normalized spacial score (nSPS) is 15.5. The quantitative estimate of drug-likeness (QED) is 0.742. The van der Waals surface area contributed by atoms with Gasteiger partial charge in [-0.3, -0.25) is 0 Å². The summed E-state index contributed by atoms with van der Waals surface area (Å²) in [6.07, 6.45) is 1.89. The third-order valence-corrected chi connectivity index (χ3v) is 5.35. The van der Waals surface area contributed by atoms with Crippen LogP contribution in [0.3, 0.4) is 0 Å². The topological polar surface area (TPSA) is 60.2 Å². The van der Waals surface area contributed by atoms with E-state index in [9.17, 15) is 5.11 Å². The molecule has 1 aromatic carbocycles. The zero-order valence-corrected chi connectivity index (χ0v) is 15.3. The van der Waals surface area contributed by atoms with Crippen LogP contribution in [0.4, 0.5) is 0 Å². The van der Waals surface area contributed by atoms with Gasteiger partial charge in [0, 0.05) is 18.2 Å². The first-order chi connectivity index (χ1) is 11.6. The number of hydrogen-bond donors (Lipinski definition) is 1. The average Bonchev–Trinajstić information content (AvgIpc) is 3.32. The number of benzene rings is 1. The average molecular weight is 347 g/mol. The maximum absolute atomic E-state index is 10.2. The summed E-state index contributed by atoms with van der Waals surface area (Å²) in [6.45, 7) is 7.31. The standard InChI is InChI=1S/C18H25N3O2S/c1-4-21-17(14-8-9-14)19-20-18(21)24-11-15(22)10-23-16-12(2)6-5-7-13(16)3/h5-7,14-15,22H,4,8-11H2,1-3H3. The highest BCUT2D eigenvalue weighted by molar-refractivity contribution is 7.99. The number of aromatic nitrogens is 3. The summed E-state index contributed by atoms with van der Waals surface area (Å²) in [5, 5.41) is 19.7. The molecule has 0 radical (unpaired) electrons. The highest BCUT2D eigenvalue weighted by Gasteiger charge is 2.30. The van der Waals surface area contributed by atoms with Gasteiger partial charge in [0.2, 0.25) is 0 Å². The van der Waals surface area contributed by atoms with Crippen molar-refractivity contribution < 1.29 is 9.84 Å². The van der Waals surface area contributed by atoms with Gasteiger partial charge in [0.25, 0.3) is 0 Å². The highest BCUT2D eigenvalue weighted by atomic mass is 32.2. The van der Waals surface area contributed by atoms with Gasteiger partial charge < -0.3 is 14.4 Å². The zero-order valence-electron chi connectivity index (χ0n) is 14.5. The van der Waals surface area contributed by atoms with Crippen molar-refractivity contribution in [1.29, 1.82) is 0 Å². The number of ether oxygens (including phenoxy) is 1. The van der Waals surface area contributed by atoms with Crippen molar-refractivity contribution >= 4 is 11.8 Å². The Kier molecular flexibility index (Phi) is 5.46. The molecule has 1 aliphatic rings. The Morgan fingerprint density at radius 1 is 1.29 bits per heavy atom. The number of hydrogen-bond acceptors (Lipinski definition) is 5. The Morgan fingerprint density at radius 2 is 2.00 bits per heavy atom. The van der Waals surface area contributed by atoms with E-state index in [1.807, 2.05) is 32.0 Å². The number of aliphatic hydroxyl groups excluding tert-OH is 1. The molecule has 1 aromatic heterocycles. The lowest BCUT2D eigenvalue weighted by atomic mass is 10.1. The first-order valence-corrected chi connectivity index (χ1v) is 9.51. The Hall–Kier alpha value is -1.53. The predicted molar refractivity (Wildman–Crippen MR) is 95.8 cm³/mol. The van der Waals surface area contributed by atoms with E-state index in [0.717, 1.165) is 34.4 Å². The van der Waals surface area contributed by atoms with E-state index < -0.39 is 6.10 Å².